The van der Waals surface area contributed by atoms with Crippen molar-refractivity contribution in [2.45, 2.75) is 17.8 Å². The van der Waals surface area contributed by atoms with Gasteiger partial charge < -0.3 is 4.52 Å². The zero-order valence-electron chi connectivity index (χ0n) is 12.9. The number of hydrogen-bond donors (Lipinski definition) is 0. The monoisotopic (exact) mass is 354 g/mol. The fourth-order valence-corrected chi connectivity index (χ4v) is 3.80. The van der Waals surface area contributed by atoms with E-state index in [1.807, 2.05) is 41.4 Å². The van der Waals surface area contributed by atoms with Crippen molar-refractivity contribution in [1.29, 1.82) is 0 Å². The number of hydrogen-bond acceptors (Lipinski definition) is 6. The van der Waals surface area contributed by atoms with Crippen molar-refractivity contribution in [3.05, 3.63) is 64.9 Å². The Morgan fingerprint density at radius 1 is 1.25 bits per heavy atom. The molecule has 3 aromatic heterocycles. The number of aromatic nitrogens is 4. The van der Waals surface area contributed by atoms with Gasteiger partial charge in [0.1, 0.15) is 0 Å². The van der Waals surface area contributed by atoms with E-state index in [1.54, 1.807) is 23.1 Å². The molecule has 0 aliphatic rings. The maximum Gasteiger partial charge on any atom is 0.258 e. The Balaban J connectivity index is 1.52. The minimum atomic E-state index is 0.564. The number of benzene rings is 1. The molecule has 0 radical (unpaired) electrons. The Labute approximate surface area is 147 Å². The van der Waals surface area contributed by atoms with Crippen molar-refractivity contribution >= 4 is 23.1 Å². The van der Waals surface area contributed by atoms with Gasteiger partial charge in [0, 0.05) is 17.8 Å². The summed E-state index contributed by atoms with van der Waals surface area (Å²) in [6.45, 7) is 2.09. The number of rotatable bonds is 5. The van der Waals surface area contributed by atoms with Gasteiger partial charge in [-0.05, 0) is 30.0 Å². The number of imidazole rings is 1. The molecule has 0 saturated heterocycles. The third kappa shape index (κ3) is 3.00. The Morgan fingerprint density at radius 2 is 2.17 bits per heavy atom. The molecule has 4 rings (SSSR count). The van der Waals surface area contributed by atoms with Crippen LogP contribution in [0.15, 0.2) is 63.2 Å². The zero-order valence-corrected chi connectivity index (χ0v) is 14.5. The molecule has 5 nitrogen and oxygen atoms in total. The molecule has 0 bridgehead atoms. The van der Waals surface area contributed by atoms with E-state index >= 15 is 0 Å². The lowest BCUT2D eigenvalue weighted by molar-refractivity contribution is 0.425. The molecule has 7 heteroatoms. The summed E-state index contributed by atoms with van der Waals surface area (Å²) < 4.78 is 7.40. The molecule has 0 atom stereocenters. The fraction of sp³-hybridized carbons (Fsp3) is 0.118. The average Bonchev–Trinajstić information content (AvgIpc) is 3.34. The number of para-hydroxylation sites is 1. The first-order valence-corrected chi connectivity index (χ1v) is 9.31. The third-order valence-corrected chi connectivity index (χ3v) is 5.19. The van der Waals surface area contributed by atoms with Crippen LogP contribution in [0.5, 0.6) is 0 Å². The van der Waals surface area contributed by atoms with Crippen LogP contribution >= 0.6 is 23.1 Å². The molecular weight excluding hydrogens is 340 g/mol. The van der Waals surface area contributed by atoms with Crippen LogP contribution in [0.1, 0.15) is 11.4 Å². The van der Waals surface area contributed by atoms with Gasteiger partial charge in [0.05, 0.1) is 17.0 Å². The predicted octanol–water partition coefficient (Wildman–Crippen LogP) is 4.58. The van der Waals surface area contributed by atoms with Crippen molar-refractivity contribution in [1.82, 2.24) is 19.7 Å². The van der Waals surface area contributed by atoms with E-state index in [2.05, 4.69) is 38.7 Å². The van der Waals surface area contributed by atoms with Crippen LogP contribution in [0, 0.1) is 6.92 Å². The summed E-state index contributed by atoms with van der Waals surface area (Å²) >= 11 is 3.20. The Bertz CT molecular complexity index is 943. The third-order valence-electron chi connectivity index (χ3n) is 3.55. The van der Waals surface area contributed by atoms with E-state index in [0.717, 1.165) is 16.4 Å². The van der Waals surface area contributed by atoms with Crippen molar-refractivity contribution < 1.29 is 4.52 Å². The smallest absolute Gasteiger partial charge is 0.258 e. The molecule has 1 aromatic carbocycles. The highest BCUT2D eigenvalue weighted by molar-refractivity contribution is 7.98. The summed E-state index contributed by atoms with van der Waals surface area (Å²) in [6.07, 6.45) is 3.78. The molecule has 4 aromatic rings. The highest BCUT2D eigenvalue weighted by Crippen LogP contribution is 2.26. The SMILES string of the molecule is Cc1ccccc1-n1ccnc1SCc1noc(-c2ccsc2)n1. The zero-order chi connectivity index (χ0) is 16.4. The van der Waals surface area contributed by atoms with Crippen LogP contribution in [-0.2, 0) is 5.75 Å². The number of thioether (sulfide) groups is 1. The molecule has 24 heavy (non-hydrogen) atoms. The maximum absolute atomic E-state index is 5.32. The van der Waals surface area contributed by atoms with Crippen LogP contribution in [0.2, 0.25) is 0 Å². The lowest BCUT2D eigenvalue weighted by atomic mass is 10.2. The minimum Gasteiger partial charge on any atom is -0.334 e. The second kappa shape index (κ2) is 6.62. The Hall–Kier alpha value is -2.38. The summed E-state index contributed by atoms with van der Waals surface area (Å²) in [5.74, 6) is 1.84. The molecular formula is C17H14N4OS2. The Kier molecular flexibility index (Phi) is 4.18. The lowest BCUT2D eigenvalue weighted by Crippen LogP contribution is -1.98. The summed E-state index contributed by atoms with van der Waals surface area (Å²) in [5.41, 5.74) is 3.30. The summed E-state index contributed by atoms with van der Waals surface area (Å²) in [4.78, 5) is 8.89. The highest BCUT2D eigenvalue weighted by Gasteiger charge is 2.12. The first-order valence-electron chi connectivity index (χ1n) is 7.38. The molecule has 0 aliphatic carbocycles. The minimum absolute atomic E-state index is 0.564. The van der Waals surface area contributed by atoms with Gasteiger partial charge in [0.2, 0.25) is 0 Å². The lowest BCUT2D eigenvalue weighted by Gasteiger charge is -2.09. The van der Waals surface area contributed by atoms with Crippen molar-refractivity contribution in [2.24, 2.45) is 0 Å². The molecule has 120 valence electrons. The summed E-state index contributed by atoms with van der Waals surface area (Å²) in [5, 5.41) is 8.95. The fourth-order valence-electron chi connectivity index (χ4n) is 2.36. The normalized spacial score (nSPS) is 11.0. The van der Waals surface area contributed by atoms with Crippen molar-refractivity contribution in [3.63, 3.8) is 0 Å². The van der Waals surface area contributed by atoms with E-state index < -0.39 is 0 Å². The largest absolute Gasteiger partial charge is 0.334 e. The standard InChI is InChI=1S/C17H14N4OS2/c1-12-4-2-3-5-14(12)21-8-7-18-17(21)24-11-15-19-16(22-20-15)13-6-9-23-10-13/h2-10H,11H2,1H3. The molecule has 0 unspecified atom stereocenters. The molecule has 0 N–H and O–H groups in total. The quantitative estimate of drug-likeness (QED) is 0.491. The van der Waals surface area contributed by atoms with Gasteiger partial charge in [-0.1, -0.05) is 35.1 Å². The van der Waals surface area contributed by atoms with E-state index in [9.17, 15) is 0 Å². The summed E-state index contributed by atoms with van der Waals surface area (Å²) in [7, 11) is 0. The second-order valence-electron chi connectivity index (χ2n) is 5.18. The van der Waals surface area contributed by atoms with Gasteiger partial charge in [-0.2, -0.15) is 16.3 Å². The van der Waals surface area contributed by atoms with E-state index in [1.165, 1.54) is 5.56 Å². The van der Waals surface area contributed by atoms with Gasteiger partial charge in [-0.15, -0.1) is 0 Å². The van der Waals surface area contributed by atoms with Gasteiger partial charge in [-0.3, -0.25) is 4.57 Å². The van der Waals surface area contributed by atoms with Crippen LogP contribution in [0.4, 0.5) is 0 Å². The molecule has 0 saturated carbocycles. The molecule has 0 amide bonds. The first kappa shape index (κ1) is 15.2. The molecule has 0 fully saturated rings. The second-order valence-corrected chi connectivity index (χ2v) is 6.91. The highest BCUT2D eigenvalue weighted by atomic mass is 32.2. The maximum atomic E-state index is 5.32. The number of aryl methyl sites for hydroxylation is 1. The van der Waals surface area contributed by atoms with Crippen LogP contribution < -0.4 is 0 Å². The van der Waals surface area contributed by atoms with E-state index in [-0.39, 0.29) is 0 Å². The molecule has 0 spiro atoms. The first-order chi connectivity index (χ1) is 11.8. The van der Waals surface area contributed by atoms with Gasteiger partial charge in [0.15, 0.2) is 11.0 Å². The predicted molar refractivity (Wildman–Crippen MR) is 95.5 cm³/mol. The van der Waals surface area contributed by atoms with Crippen LogP contribution in [0.25, 0.3) is 17.1 Å². The van der Waals surface area contributed by atoms with Gasteiger partial charge >= 0.3 is 0 Å². The van der Waals surface area contributed by atoms with E-state index in [4.69, 9.17) is 4.52 Å². The van der Waals surface area contributed by atoms with Crippen LogP contribution in [-0.4, -0.2) is 19.7 Å². The topological polar surface area (TPSA) is 56.7 Å². The van der Waals surface area contributed by atoms with E-state index in [0.29, 0.717) is 17.5 Å². The van der Waals surface area contributed by atoms with Crippen molar-refractivity contribution in [2.75, 3.05) is 0 Å². The number of nitrogens with zero attached hydrogens (tertiary/aromatic N) is 4. The van der Waals surface area contributed by atoms with Gasteiger partial charge in [-0.25, -0.2) is 4.98 Å². The summed E-state index contributed by atoms with van der Waals surface area (Å²) in [6, 6.07) is 10.2. The average molecular weight is 354 g/mol. The molecule has 3 heterocycles. The van der Waals surface area contributed by atoms with Crippen molar-refractivity contribution in [3.8, 4) is 17.1 Å². The Morgan fingerprint density at radius 3 is 3.00 bits per heavy atom. The molecule has 0 aliphatic heterocycles. The van der Waals surface area contributed by atoms with Gasteiger partial charge in [0.25, 0.3) is 5.89 Å². The number of thiophene rings is 1. The van der Waals surface area contributed by atoms with Crippen LogP contribution in [0.3, 0.4) is 0 Å².